The number of pyridine rings is 1. The van der Waals surface area contributed by atoms with Gasteiger partial charge in [0, 0.05) is 22.0 Å². The van der Waals surface area contributed by atoms with E-state index >= 15 is 0 Å². The molecule has 150 valence electrons. The summed E-state index contributed by atoms with van der Waals surface area (Å²) < 4.78 is 0. The Bertz CT molecular complexity index is 996. The van der Waals surface area contributed by atoms with E-state index in [1.165, 1.54) is 30.6 Å². The number of anilines is 2. The second kappa shape index (κ2) is 9.31. The van der Waals surface area contributed by atoms with Crippen molar-refractivity contribution in [3.05, 3.63) is 60.2 Å². The van der Waals surface area contributed by atoms with Gasteiger partial charge in [-0.15, -0.1) is 11.8 Å². The van der Waals surface area contributed by atoms with Gasteiger partial charge in [-0.3, -0.25) is 4.79 Å². The molecule has 4 rings (SSSR count). The van der Waals surface area contributed by atoms with E-state index in [4.69, 9.17) is 4.98 Å². The first kappa shape index (κ1) is 19.8. The number of rotatable bonds is 5. The molecule has 1 aromatic heterocycles. The molecule has 1 heterocycles. The molecule has 1 amide bonds. The number of carbonyl (C=O) groups is 1. The van der Waals surface area contributed by atoms with Crippen molar-refractivity contribution in [2.75, 3.05) is 11.6 Å². The molecule has 0 radical (unpaired) electrons. The van der Waals surface area contributed by atoms with Crippen molar-refractivity contribution in [3.8, 4) is 0 Å². The Kier molecular flexibility index (Phi) is 6.35. The summed E-state index contributed by atoms with van der Waals surface area (Å²) in [5, 5.41) is 7.54. The Morgan fingerprint density at radius 3 is 2.59 bits per heavy atom. The van der Waals surface area contributed by atoms with Gasteiger partial charge in [0.2, 0.25) is 0 Å². The molecule has 0 bridgehead atoms. The summed E-state index contributed by atoms with van der Waals surface area (Å²) in [7, 11) is 0. The summed E-state index contributed by atoms with van der Waals surface area (Å²) in [5.74, 6) is 0.685. The molecule has 1 saturated carbocycles. The maximum Gasteiger partial charge on any atom is 0.252 e. The van der Waals surface area contributed by atoms with Gasteiger partial charge in [0.05, 0.1) is 11.1 Å². The van der Waals surface area contributed by atoms with Gasteiger partial charge in [-0.05, 0) is 49.4 Å². The summed E-state index contributed by atoms with van der Waals surface area (Å²) >= 11 is 1.70. The Labute approximate surface area is 176 Å². The van der Waals surface area contributed by atoms with E-state index in [-0.39, 0.29) is 11.9 Å². The van der Waals surface area contributed by atoms with Gasteiger partial charge in [-0.25, -0.2) is 4.98 Å². The molecule has 0 atom stereocenters. The van der Waals surface area contributed by atoms with Crippen LogP contribution in [0, 0.1) is 0 Å². The molecular formula is C24H27N3OS. The number of fused-ring (bicyclic) bond motifs is 1. The first-order valence-corrected chi connectivity index (χ1v) is 11.6. The summed E-state index contributed by atoms with van der Waals surface area (Å²) in [6, 6.07) is 18.2. The number of hydrogen-bond acceptors (Lipinski definition) is 4. The standard InChI is InChI=1S/C24H27N3OS/c1-29-19-12-8-11-18(15-19)25-23-16-21(20-13-6-7-14-22(20)27-23)24(28)26-17-9-4-2-3-5-10-17/h6-8,11-17H,2-5,9-10H2,1H3,(H,25,27)(H,26,28). The Hall–Kier alpha value is -2.53. The number of nitrogens with zero attached hydrogens (tertiary/aromatic N) is 1. The van der Waals surface area contributed by atoms with E-state index in [0.29, 0.717) is 11.4 Å². The van der Waals surface area contributed by atoms with Crippen molar-refractivity contribution < 1.29 is 4.79 Å². The smallest absolute Gasteiger partial charge is 0.252 e. The van der Waals surface area contributed by atoms with Crippen LogP contribution in [0.4, 0.5) is 11.5 Å². The lowest BCUT2D eigenvalue weighted by atomic mass is 10.1. The number of carbonyl (C=O) groups excluding carboxylic acids is 1. The Balaban J connectivity index is 1.64. The van der Waals surface area contributed by atoms with Crippen LogP contribution >= 0.6 is 11.8 Å². The van der Waals surface area contributed by atoms with E-state index in [9.17, 15) is 4.79 Å². The molecule has 0 unspecified atom stereocenters. The van der Waals surface area contributed by atoms with Crippen molar-refractivity contribution in [2.24, 2.45) is 0 Å². The minimum atomic E-state index is -0.00332. The molecule has 1 fully saturated rings. The highest BCUT2D eigenvalue weighted by atomic mass is 32.2. The molecule has 29 heavy (non-hydrogen) atoms. The largest absolute Gasteiger partial charge is 0.349 e. The second-order valence-corrected chi connectivity index (χ2v) is 8.47. The van der Waals surface area contributed by atoms with E-state index in [1.54, 1.807) is 11.8 Å². The van der Waals surface area contributed by atoms with Gasteiger partial charge in [0.15, 0.2) is 0 Å². The highest BCUT2D eigenvalue weighted by molar-refractivity contribution is 7.98. The molecule has 0 aliphatic heterocycles. The predicted octanol–water partition coefficient (Wildman–Crippen LogP) is 6.15. The first-order chi connectivity index (χ1) is 14.2. The second-order valence-electron chi connectivity index (χ2n) is 7.59. The van der Waals surface area contributed by atoms with E-state index in [2.05, 4.69) is 29.0 Å². The third-order valence-electron chi connectivity index (χ3n) is 5.49. The van der Waals surface area contributed by atoms with Gasteiger partial charge < -0.3 is 10.6 Å². The minimum Gasteiger partial charge on any atom is -0.349 e. The molecule has 0 spiro atoms. The normalized spacial score (nSPS) is 15.1. The molecular weight excluding hydrogens is 378 g/mol. The number of para-hydroxylation sites is 1. The van der Waals surface area contributed by atoms with Crippen molar-refractivity contribution in [1.29, 1.82) is 0 Å². The molecule has 4 nitrogen and oxygen atoms in total. The van der Waals surface area contributed by atoms with Crippen molar-refractivity contribution in [1.82, 2.24) is 10.3 Å². The van der Waals surface area contributed by atoms with Crippen LogP contribution < -0.4 is 10.6 Å². The number of aromatic nitrogens is 1. The lowest BCUT2D eigenvalue weighted by Gasteiger charge is -2.18. The van der Waals surface area contributed by atoms with Crippen LogP contribution in [-0.2, 0) is 0 Å². The minimum absolute atomic E-state index is 0.00332. The third kappa shape index (κ3) is 4.91. The van der Waals surface area contributed by atoms with Crippen molar-refractivity contribution >= 4 is 40.1 Å². The topological polar surface area (TPSA) is 54.0 Å². The SMILES string of the molecule is CSc1cccc(Nc2cc(C(=O)NC3CCCCCC3)c3ccccc3n2)c1. The van der Waals surface area contributed by atoms with E-state index in [1.807, 2.05) is 42.5 Å². The fraction of sp³-hybridized carbons (Fsp3) is 0.333. The monoisotopic (exact) mass is 405 g/mol. The summed E-state index contributed by atoms with van der Waals surface area (Å²) in [5.41, 5.74) is 2.47. The fourth-order valence-electron chi connectivity index (χ4n) is 3.96. The Morgan fingerprint density at radius 2 is 1.79 bits per heavy atom. The zero-order valence-corrected chi connectivity index (χ0v) is 17.6. The third-order valence-corrected chi connectivity index (χ3v) is 6.22. The lowest BCUT2D eigenvalue weighted by Crippen LogP contribution is -2.34. The van der Waals surface area contributed by atoms with Crippen LogP contribution in [-0.4, -0.2) is 23.2 Å². The molecule has 1 aliphatic carbocycles. The molecule has 5 heteroatoms. The van der Waals surface area contributed by atoms with Crippen LogP contribution in [0.1, 0.15) is 48.9 Å². The van der Waals surface area contributed by atoms with Crippen LogP contribution in [0.2, 0.25) is 0 Å². The Morgan fingerprint density at radius 1 is 1.00 bits per heavy atom. The first-order valence-electron chi connectivity index (χ1n) is 10.3. The zero-order valence-electron chi connectivity index (χ0n) is 16.8. The van der Waals surface area contributed by atoms with Gasteiger partial charge >= 0.3 is 0 Å². The molecule has 0 saturated heterocycles. The van der Waals surface area contributed by atoms with Crippen molar-refractivity contribution in [3.63, 3.8) is 0 Å². The number of nitrogens with one attached hydrogen (secondary N) is 2. The van der Waals surface area contributed by atoms with Gasteiger partial charge in [-0.1, -0.05) is 49.9 Å². The summed E-state index contributed by atoms with van der Waals surface area (Å²) in [6.07, 6.45) is 9.13. The maximum absolute atomic E-state index is 13.2. The summed E-state index contributed by atoms with van der Waals surface area (Å²) in [6.45, 7) is 0. The highest BCUT2D eigenvalue weighted by Crippen LogP contribution is 2.26. The average Bonchev–Trinajstić information content (AvgIpc) is 3.02. The van der Waals surface area contributed by atoms with Gasteiger partial charge in [0.1, 0.15) is 5.82 Å². The number of amides is 1. The maximum atomic E-state index is 13.2. The molecule has 1 aliphatic rings. The van der Waals surface area contributed by atoms with E-state index < -0.39 is 0 Å². The molecule has 3 aromatic rings. The summed E-state index contributed by atoms with van der Waals surface area (Å²) in [4.78, 5) is 19.1. The zero-order chi connectivity index (χ0) is 20.1. The van der Waals surface area contributed by atoms with Crippen molar-refractivity contribution in [2.45, 2.75) is 49.5 Å². The predicted molar refractivity (Wildman–Crippen MR) is 122 cm³/mol. The number of benzene rings is 2. The van der Waals surface area contributed by atoms with Crippen LogP contribution in [0.15, 0.2) is 59.5 Å². The fourth-order valence-corrected chi connectivity index (χ4v) is 4.42. The molecule has 2 aromatic carbocycles. The number of hydrogen-bond donors (Lipinski definition) is 2. The highest BCUT2D eigenvalue weighted by Gasteiger charge is 2.18. The lowest BCUT2D eigenvalue weighted by molar-refractivity contribution is 0.0935. The average molecular weight is 406 g/mol. The number of thioether (sulfide) groups is 1. The van der Waals surface area contributed by atoms with Gasteiger partial charge in [0.25, 0.3) is 5.91 Å². The van der Waals surface area contributed by atoms with Crippen LogP contribution in [0.5, 0.6) is 0 Å². The quantitative estimate of drug-likeness (QED) is 0.395. The molecule has 2 N–H and O–H groups in total. The van der Waals surface area contributed by atoms with Crippen LogP contribution in [0.25, 0.3) is 10.9 Å². The van der Waals surface area contributed by atoms with E-state index in [0.717, 1.165) is 29.4 Å². The van der Waals surface area contributed by atoms with Crippen LogP contribution in [0.3, 0.4) is 0 Å². The van der Waals surface area contributed by atoms with Gasteiger partial charge in [-0.2, -0.15) is 0 Å².